The summed E-state index contributed by atoms with van der Waals surface area (Å²) in [6.45, 7) is 9.19. The first kappa shape index (κ1) is 29.5. The number of hydrogen-bond acceptors (Lipinski definition) is 2. The highest BCUT2D eigenvalue weighted by molar-refractivity contribution is 5.75. The van der Waals surface area contributed by atoms with Crippen molar-refractivity contribution in [1.29, 1.82) is 0 Å². The van der Waals surface area contributed by atoms with Gasteiger partial charge >= 0.3 is 5.97 Å². The van der Waals surface area contributed by atoms with E-state index in [0.29, 0.717) is 6.61 Å². The Balaban J connectivity index is 3.33. The van der Waals surface area contributed by atoms with E-state index in [1.165, 1.54) is 116 Å². The molecule has 0 rings (SSSR count). The summed E-state index contributed by atoms with van der Waals surface area (Å²) >= 11 is 0. The molecule has 30 heavy (non-hydrogen) atoms. The van der Waals surface area contributed by atoms with Crippen molar-refractivity contribution < 1.29 is 9.53 Å². The van der Waals surface area contributed by atoms with Crippen molar-refractivity contribution in [2.75, 3.05) is 6.61 Å². The lowest BCUT2D eigenvalue weighted by atomic mass is 9.87. The Kier molecular flexibility index (Phi) is 21.3. The maximum atomic E-state index is 12.3. The molecule has 0 radical (unpaired) electrons. The van der Waals surface area contributed by atoms with E-state index in [0.717, 1.165) is 19.3 Å². The van der Waals surface area contributed by atoms with Crippen LogP contribution < -0.4 is 0 Å². The average Bonchev–Trinajstić information content (AvgIpc) is 2.73. The van der Waals surface area contributed by atoms with E-state index in [9.17, 15) is 4.79 Å². The molecule has 0 saturated carbocycles. The van der Waals surface area contributed by atoms with Crippen LogP contribution in [0.2, 0.25) is 0 Å². The standard InChI is InChI=1S/C28H56O2/c1-5-7-9-11-12-13-14-15-16-17-18-19-20-21-22-24-26-30-27(29)28(3,4)25-23-10-8-6-2/h5-26H2,1-4H3. The maximum Gasteiger partial charge on any atom is 0.311 e. The number of esters is 1. The summed E-state index contributed by atoms with van der Waals surface area (Å²) in [6, 6.07) is 0. The first-order chi connectivity index (χ1) is 14.5. The highest BCUT2D eigenvalue weighted by Crippen LogP contribution is 2.26. The first-order valence-corrected chi connectivity index (χ1v) is 13.7. The van der Waals surface area contributed by atoms with Crippen LogP contribution in [0.1, 0.15) is 163 Å². The molecule has 0 atom stereocenters. The minimum Gasteiger partial charge on any atom is -0.465 e. The highest BCUT2D eigenvalue weighted by atomic mass is 16.5. The Morgan fingerprint density at radius 1 is 0.533 bits per heavy atom. The van der Waals surface area contributed by atoms with Gasteiger partial charge in [0.2, 0.25) is 0 Å². The molecule has 0 aliphatic heterocycles. The predicted molar refractivity (Wildman–Crippen MR) is 133 cm³/mol. The van der Waals surface area contributed by atoms with Crippen LogP contribution in [0.4, 0.5) is 0 Å². The summed E-state index contributed by atoms with van der Waals surface area (Å²) in [5.41, 5.74) is -0.317. The third-order valence-electron chi connectivity index (χ3n) is 6.44. The van der Waals surface area contributed by atoms with Gasteiger partial charge in [-0.05, 0) is 26.7 Å². The number of carbonyl (C=O) groups is 1. The van der Waals surface area contributed by atoms with Crippen molar-refractivity contribution in [3.63, 3.8) is 0 Å². The number of carbonyl (C=O) groups excluding carboxylic acids is 1. The van der Waals surface area contributed by atoms with Crippen molar-refractivity contribution in [1.82, 2.24) is 0 Å². The Hall–Kier alpha value is -0.530. The second-order valence-corrected chi connectivity index (χ2v) is 10.1. The van der Waals surface area contributed by atoms with Crippen molar-refractivity contribution in [2.24, 2.45) is 5.41 Å². The summed E-state index contributed by atoms with van der Waals surface area (Å²) < 4.78 is 5.54. The largest absolute Gasteiger partial charge is 0.465 e. The molecule has 0 aromatic heterocycles. The van der Waals surface area contributed by atoms with Gasteiger partial charge in [-0.25, -0.2) is 0 Å². The molecule has 0 N–H and O–H groups in total. The van der Waals surface area contributed by atoms with E-state index in [4.69, 9.17) is 4.74 Å². The van der Waals surface area contributed by atoms with Gasteiger partial charge in [-0.3, -0.25) is 4.79 Å². The lowest BCUT2D eigenvalue weighted by Crippen LogP contribution is -2.27. The molecule has 0 saturated heterocycles. The second-order valence-electron chi connectivity index (χ2n) is 10.1. The topological polar surface area (TPSA) is 26.3 Å². The van der Waals surface area contributed by atoms with Gasteiger partial charge in [0.25, 0.3) is 0 Å². The van der Waals surface area contributed by atoms with E-state index in [1.807, 2.05) is 13.8 Å². The van der Waals surface area contributed by atoms with Crippen molar-refractivity contribution >= 4 is 5.97 Å². The van der Waals surface area contributed by atoms with Crippen LogP contribution in [0.3, 0.4) is 0 Å². The molecule has 0 unspecified atom stereocenters. The molecule has 0 spiro atoms. The van der Waals surface area contributed by atoms with Crippen LogP contribution in [0.25, 0.3) is 0 Å². The van der Waals surface area contributed by atoms with Crippen LogP contribution in [-0.2, 0) is 9.53 Å². The van der Waals surface area contributed by atoms with E-state index in [-0.39, 0.29) is 11.4 Å². The highest BCUT2D eigenvalue weighted by Gasteiger charge is 2.28. The van der Waals surface area contributed by atoms with Crippen LogP contribution in [-0.4, -0.2) is 12.6 Å². The Morgan fingerprint density at radius 2 is 0.867 bits per heavy atom. The Morgan fingerprint density at radius 3 is 1.27 bits per heavy atom. The molecule has 2 heteroatoms. The van der Waals surface area contributed by atoms with Crippen LogP contribution in [0.15, 0.2) is 0 Å². The number of hydrogen-bond donors (Lipinski definition) is 0. The quantitative estimate of drug-likeness (QED) is 0.120. The van der Waals surface area contributed by atoms with Gasteiger partial charge in [0.1, 0.15) is 0 Å². The van der Waals surface area contributed by atoms with Gasteiger partial charge in [-0.15, -0.1) is 0 Å². The summed E-state index contributed by atoms with van der Waals surface area (Å²) in [5.74, 6) is -0.0000390. The van der Waals surface area contributed by atoms with Crippen LogP contribution in [0.5, 0.6) is 0 Å². The maximum absolute atomic E-state index is 12.3. The molecule has 0 amide bonds. The van der Waals surface area contributed by atoms with E-state index >= 15 is 0 Å². The zero-order valence-electron chi connectivity index (χ0n) is 21.4. The Bertz CT molecular complexity index is 362. The summed E-state index contributed by atoms with van der Waals surface area (Å²) in [4.78, 5) is 12.3. The zero-order valence-corrected chi connectivity index (χ0v) is 21.4. The van der Waals surface area contributed by atoms with Crippen molar-refractivity contribution in [3.8, 4) is 0 Å². The minimum absolute atomic E-state index is 0.0000390. The summed E-state index contributed by atoms with van der Waals surface area (Å²) in [6.07, 6.45) is 27.7. The van der Waals surface area contributed by atoms with E-state index < -0.39 is 0 Å². The third kappa shape index (κ3) is 19.4. The minimum atomic E-state index is -0.317. The van der Waals surface area contributed by atoms with Gasteiger partial charge in [0.15, 0.2) is 0 Å². The number of unbranched alkanes of at least 4 members (excludes halogenated alkanes) is 18. The van der Waals surface area contributed by atoms with E-state index in [2.05, 4.69) is 13.8 Å². The molecular weight excluding hydrogens is 368 g/mol. The number of ether oxygens (including phenoxy) is 1. The van der Waals surface area contributed by atoms with Gasteiger partial charge < -0.3 is 4.74 Å². The lowest BCUT2D eigenvalue weighted by Gasteiger charge is -2.22. The van der Waals surface area contributed by atoms with Gasteiger partial charge in [0.05, 0.1) is 12.0 Å². The lowest BCUT2D eigenvalue weighted by molar-refractivity contribution is -0.154. The zero-order chi connectivity index (χ0) is 22.3. The molecule has 0 fully saturated rings. The predicted octanol–water partition coefficient (Wildman–Crippen LogP) is 9.79. The molecule has 0 aliphatic carbocycles. The van der Waals surface area contributed by atoms with Crippen molar-refractivity contribution in [3.05, 3.63) is 0 Å². The van der Waals surface area contributed by atoms with Crippen LogP contribution in [0, 0.1) is 5.41 Å². The normalized spacial score (nSPS) is 11.7. The average molecular weight is 425 g/mol. The monoisotopic (exact) mass is 424 g/mol. The molecule has 0 aromatic carbocycles. The fourth-order valence-electron chi connectivity index (χ4n) is 4.11. The number of rotatable bonds is 23. The van der Waals surface area contributed by atoms with Gasteiger partial charge in [0, 0.05) is 0 Å². The third-order valence-corrected chi connectivity index (χ3v) is 6.44. The molecule has 180 valence electrons. The van der Waals surface area contributed by atoms with Gasteiger partial charge in [-0.2, -0.15) is 0 Å². The fourth-order valence-corrected chi connectivity index (χ4v) is 4.11. The molecule has 2 nitrogen and oxygen atoms in total. The first-order valence-electron chi connectivity index (χ1n) is 13.7. The van der Waals surface area contributed by atoms with E-state index in [1.54, 1.807) is 0 Å². The smallest absolute Gasteiger partial charge is 0.311 e. The van der Waals surface area contributed by atoms with Gasteiger partial charge in [-0.1, -0.05) is 136 Å². The summed E-state index contributed by atoms with van der Waals surface area (Å²) in [5, 5.41) is 0. The molecule has 0 aliphatic rings. The molecule has 0 heterocycles. The van der Waals surface area contributed by atoms with Crippen LogP contribution >= 0.6 is 0 Å². The molecule has 0 aromatic rings. The molecule has 0 bridgehead atoms. The Labute approximate surface area is 190 Å². The SMILES string of the molecule is CCCCCCCCCCCCCCCCCCOC(=O)C(C)(C)CCCCCC. The fraction of sp³-hybridized carbons (Fsp3) is 0.964. The molecular formula is C28H56O2. The van der Waals surface area contributed by atoms with Crippen molar-refractivity contribution in [2.45, 2.75) is 163 Å². The second kappa shape index (κ2) is 21.7. The summed E-state index contributed by atoms with van der Waals surface area (Å²) in [7, 11) is 0.